The summed E-state index contributed by atoms with van der Waals surface area (Å²) in [5, 5.41) is 12.0. The zero-order chi connectivity index (χ0) is 35.6. The number of fused-ring (bicyclic) bond motifs is 10. The molecule has 0 fully saturated rings. The monoisotopic (exact) mass is 687 g/mol. The first kappa shape index (κ1) is 30.5. The van der Waals surface area contributed by atoms with E-state index < -0.39 is 0 Å². The summed E-state index contributed by atoms with van der Waals surface area (Å²) in [6, 6.07) is 72.1. The molecule has 0 amide bonds. The summed E-state index contributed by atoms with van der Waals surface area (Å²) >= 11 is 0. The number of anilines is 3. The molecule has 0 saturated carbocycles. The largest absolute Gasteiger partial charge is 0.455 e. The molecule has 0 aliphatic carbocycles. The maximum absolute atomic E-state index is 6.88. The van der Waals surface area contributed by atoms with E-state index in [9.17, 15) is 0 Å². The third kappa shape index (κ3) is 4.88. The fourth-order valence-corrected chi connectivity index (χ4v) is 8.38. The molecule has 252 valence electrons. The lowest BCUT2D eigenvalue weighted by Gasteiger charge is -2.26. The van der Waals surface area contributed by atoms with Gasteiger partial charge in [-0.25, -0.2) is 0 Å². The van der Waals surface area contributed by atoms with E-state index in [2.05, 4.69) is 205 Å². The lowest BCUT2D eigenvalue weighted by molar-refractivity contribution is 0.674. The number of hydrogen-bond acceptors (Lipinski definition) is 2. The Labute approximate surface area is 312 Å². The van der Waals surface area contributed by atoms with Crippen LogP contribution in [0.1, 0.15) is 0 Å². The summed E-state index contributed by atoms with van der Waals surface area (Å²) < 4.78 is 6.88. The first-order valence-electron chi connectivity index (χ1n) is 18.5. The van der Waals surface area contributed by atoms with Gasteiger partial charge in [0.15, 0.2) is 0 Å². The second kappa shape index (κ2) is 12.2. The number of nitrogens with zero attached hydrogens (tertiary/aromatic N) is 1. The van der Waals surface area contributed by atoms with Gasteiger partial charge in [0.2, 0.25) is 0 Å². The predicted octanol–water partition coefficient (Wildman–Crippen LogP) is 15.0. The highest BCUT2D eigenvalue weighted by molar-refractivity contribution is 6.24. The van der Waals surface area contributed by atoms with Crippen molar-refractivity contribution in [3.8, 4) is 22.3 Å². The van der Waals surface area contributed by atoms with Crippen molar-refractivity contribution in [1.29, 1.82) is 0 Å². The van der Waals surface area contributed by atoms with Crippen molar-refractivity contribution < 1.29 is 4.42 Å². The van der Waals surface area contributed by atoms with E-state index in [0.717, 1.165) is 50.1 Å². The number of hydrogen-bond donors (Lipinski definition) is 0. The molecular formula is C52H33NO. The second-order valence-electron chi connectivity index (χ2n) is 14.1. The number of para-hydroxylation sites is 1. The molecule has 0 N–H and O–H groups in total. The average molecular weight is 688 g/mol. The van der Waals surface area contributed by atoms with Crippen LogP contribution in [-0.4, -0.2) is 0 Å². The molecule has 2 nitrogen and oxygen atoms in total. The van der Waals surface area contributed by atoms with Crippen LogP contribution in [0.4, 0.5) is 17.1 Å². The van der Waals surface area contributed by atoms with E-state index in [1.807, 2.05) is 0 Å². The molecule has 0 spiro atoms. The third-order valence-corrected chi connectivity index (χ3v) is 11.0. The predicted molar refractivity (Wildman–Crippen MR) is 229 cm³/mol. The minimum atomic E-state index is 0.913. The van der Waals surface area contributed by atoms with Crippen LogP contribution < -0.4 is 4.90 Å². The van der Waals surface area contributed by atoms with Gasteiger partial charge in [-0.1, -0.05) is 158 Å². The molecule has 1 aromatic heterocycles. The highest BCUT2D eigenvalue weighted by Crippen LogP contribution is 2.43. The average Bonchev–Trinajstić information content (AvgIpc) is 3.64. The smallest absolute Gasteiger partial charge is 0.143 e. The Kier molecular flexibility index (Phi) is 6.90. The van der Waals surface area contributed by atoms with E-state index in [1.165, 1.54) is 54.2 Å². The lowest BCUT2D eigenvalue weighted by Crippen LogP contribution is -2.09. The molecule has 54 heavy (non-hydrogen) atoms. The van der Waals surface area contributed by atoms with Gasteiger partial charge in [-0.2, -0.15) is 0 Å². The fourth-order valence-electron chi connectivity index (χ4n) is 8.38. The molecule has 0 aliphatic rings. The Balaban J connectivity index is 1.04. The van der Waals surface area contributed by atoms with Crippen molar-refractivity contribution in [1.82, 2.24) is 0 Å². The van der Waals surface area contributed by atoms with Gasteiger partial charge in [0.1, 0.15) is 11.2 Å². The first-order valence-corrected chi connectivity index (χ1v) is 18.5. The molecular weight excluding hydrogens is 655 g/mol. The maximum Gasteiger partial charge on any atom is 0.143 e. The Bertz CT molecular complexity index is 3190. The summed E-state index contributed by atoms with van der Waals surface area (Å²) in [6.07, 6.45) is 0. The van der Waals surface area contributed by atoms with Gasteiger partial charge in [0.25, 0.3) is 0 Å². The molecule has 1 heterocycles. The second-order valence-corrected chi connectivity index (χ2v) is 14.1. The highest BCUT2D eigenvalue weighted by Gasteiger charge is 2.18. The van der Waals surface area contributed by atoms with E-state index in [4.69, 9.17) is 4.42 Å². The minimum Gasteiger partial charge on any atom is -0.455 e. The molecule has 0 bridgehead atoms. The van der Waals surface area contributed by atoms with Crippen molar-refractivity contribution in [3.05, 3.63) is 200 Å². The Hall–Kier alpha value is -7.16. The number of benzene rings is 10. The van der Waals surface area contributed by atoms with Gasteiger partial charge < -0.3 is 9.32 Å². The number of rotatable bonds is 5. The molecule has 11 aromatic rings. The molecule has 10 aromatic carbocycles. The lowest BCUT2D eigenvalue weighted by atomic mass is 9.98. The molecule has 0 unspecified atom stereocenters. The van der Waals surface area contributed by atoms with Crippen LogP contribution >= 0.6 is 0 Å². The van der Waals surface area contributed by atoms with Crippen molar-refractivity contribution >= 4 is 82.1 Å². The third-order valence-electron chi connectivity index (χ3n) is 11.0. The Morgan fingerprint density at radius 2 is 0.815 bits per heavy atom. The Morgan fingerprint density at radius 3 is 1.59 bits per heavy atom. The SMILES string of the molecule is c1ccc(-c2ccc(N(c3ccc(-c4cccc5c4oc4c5ccc5ccc6ccccc6c54)cc3)c3ccc4c(ccc5ccccc54)c3)cc2)cc1. The van der Waals surface area contributed by atoms with Gasteiger partial charge in [0, 0.05) is 38.8 Å². The van der Waals surface area contributed by atoms with Gasteiger partial charge in [-0.05, 0) is 96.9 Å². The summed E-state index contributed by atoms with van der Waals surface area (Å²) in [4.78, 5) is 2.35. The molecule has 11 rings (SSSR count). The van der Waals surface area contributed by atoms with Crippen molar-refractivity contribution in [3.63, 3.8) is 0 Å². The van der Waals surface area contributed by atoms with E-state index in [1.54, 1.807) is 0 Å². The van der Waals surface area contributed by atoms with Crippen molar-refractivity contribution in [2.45, 2.75) is 0 Å². The molecule has 0 saturated heterocycles. The van der Waals surface area contributed by atoms with Crippen LogP contribution in [-0.2, 0) is 0 Å². The summed E-state index contributed by atoms with van der Waals surface area (Å²) in [5.41, 5.74) is 9.74. The van der Waals surface area contributed by atoms with Crippen LogP contribution in [0.15, 0.2) is 205 Å². The van der Waals surface area contributed by atoms with Gasteiger partial charge in [-0.15, -0.1) is 0 Å². The molecule has 0 radical (unpaired) electrons. The standard InChI is InChI=1S/C52H33NO/c1-2-9-34(10-3-1)35-21-26-41(27-22-35)53(43-30-32-45-40(33-43)20-18-36-11-4-6-13-44(36)45)42-28-23-38(24-29-42)47-15-8-16-48-49-31-25-39-19-17-37-12-5-7-14-46(37)50(39)52(49)54-51(47)48/h1-33H. The van der Waals surface area contributed by atoms with E-state index in [-0.39, 0.29) is 0 Å². The van der Waals surface area contributed by atoms with Gasteiger partial charge in [-0.3, -0.25) is 0 Å². The van der Waals surface area contributed by atoms with Gasteiger partial charge in [0.05, 0.1) is 0 Å². The number of furan rings is 1. The zero-order valence-corrected chi connectivity index (χ0v) is 29.4. The van der Waals surface area contributed by atoms with Crippen LogP contribution in [0, 0.1) is 0 Å². The normalized spacial score (nSPS) is 11.7. The molecule has 2 heteroatoms. The quantitative estimate of drug-likeness (QED) is 0.168. The summed E-state index contributed by atoms with van der Waals surface area (Å²) in [5.74, 6) is 0. The molecule has 0 aliphatic heterocycles. The van der Waals surface area contributed by atoms with Crippen LogP contribution in [0.5, 0.6) is 0 Å². The fraction of sp³-hybridized carbons (Fsp3) is 0. The van der Waals surface area contributed by atoms with Crippen LogP contribution in [0.2, 0.25) is 0 Å². The highest BCUT2D eigenvalue weighted by atomic mass is 16.3. The van der Waals surface area contributed by atoms with Crippen molar-refractivity contribution in [2.24, 2.45) is 0 Å². The maximum atomic E-state index is 6.88. The first-order chi connectivity index (χ1) is 26.8. The van der Waals surface area contributed by atoms with Crippen molar-refractivity contribution in [2.75, 3.05) is 4.90 Å². The van der Waals surface area contributed by atoms with Crippen LogP contribution in [0.25, 0.3) is 87.3 Å². The zero-order valence-electron chi connectivity index (χ0n) is 29.4. The minimum absolute atomic E-state index is 0.913. The topological polar surface area (TPSA) is 16.4 Å². The van der Waals surface area contributed by atoms with Gasteiger partial charge >= 0.3 is 0 Å². The van der Waals surface area contributed by atoms with E-state index >= 15 is 0 Å². The summed E-state index contributed by atoms with van der Waals surface area (Å²) in [6.45, 7) is 0. The summed E-state index contributed by atoms with van der Waals surface area (Å²) in [7, 11) is 0. The molecule has 0 atom stereocenters. The Morgan fingerprint density at radius 1 is 0.296 bits per heavy atom. The van der Waals surface area contributed by atoms with E-state index in [0.29, 0.717) is 0 Å². The van der Waals surface area contributed by atoms with Crippen LogP contribution in [0.3, 0.4) is 0 Å².